The predicted octanol–water partition coefficient (Wildman–Crippen LogP) is 0.955. The van der Waals surface area contributed by atoms with Crippen LogP contribution in [0, 0.1) is 0 Å². The number of hydrogen-bond acceptors (Lipinski definition) is 5. The molecule has 0 spiro atoms. The Morgan fingerprint density at radius 2 is 2.38 bits per heavy atom. The van der Waals surface area contributed by atoms with Gasteiger partial charge in [0.2, 0.25) is 0 Å². The van der Waals surface area contributed by atoms with Crippen molar-refractivity contribution in [2.24, 2.45) is 0 Å². The van der Waals surface area contributed by atoms with Crippen LogP contribution < -0.4 is 11.1 Å². The number of likely N-dealkylation sites (N-methyl/N-ethyl adjacent to an activating group) is 1. The molecule has 0 amide bonds. The zero-order valence-electron chi connectivity index (χ0n) is 9.69. The minimum atomic E-state index is 0.460. The highest BCUT2D eigenvalue weighted by Gasteiger charge is 2.22. The highest BCUT2D eigenvalue weighted by Crippen LogP contribution is 2.16. The van der Waals surface area contributed by atoms with Crippen molar-refractivity contribution in [2.45, 2.75) is 25.8 Å². The van der Waals surface area contributed by atoms with Crippen LogP contribution >= 0.6 is 0 Å². The van der Waals surface area contributed by atoms with E-state index in [-0.39, 0.29) is 0 Å². The summed E-state index contributed by atoms with van der Waals surface area (Å²) in [6.45, 7) is 5.49. The Hall–Kier alpha value is -1.36. The van der Waals surface area contributed by atoms with Crippen LogP contribution in [0.5, 0.6) is 0 Å². The average molecular weight is 221 g/mol. The Morgan fingerprint density at radius 3 is 3.06 bits per heavy atom. The van der Waals surface area contributed by atoms with Gasteiger partial charge in [-0.05, 0) is 25.9 Å². The number of nitrogens with two attached hydrogens (primary N) is 1. The molecule has 0 bridgehead atoms. The van der Waals surface area contributed by atoms with Crippen LogP contribution in [0.3, 0.4) is 0 Å². The van der Waals surface area contributed by atoms with Gasteiger partial charge in [-0.3, -0.25) is 4.90 Å². The fourth-order valence-corrected chi connectivity index (χ4v) is 2.19. The second kappa shape index (κ2) is 5.12. The van der Waals surface area contributed by atoms with E-state index in [1.165, 1.54) is 19.4 Å². The van der Waals surface area contributed by atoms with Crippen molar-refractivity contribution in [1.82, 2.24) is 14.9 Å². The van der Waals surface area contributed by atoms with E-state index in [0.29, 0.717) is 11.9 Å². The quantitative estimate of drug-likeness (QED) is 0.792. The first-order valence-electron chi connectivity index (χ1n) is 5.85. The molecule has 0 aliphatic carbocycles. The van der Waals surface area contributed by atoms with E-state index >= 15 is 0 Å². The topological polar surface area (TPSA) is 67.1 Å². The van der Waals surface area contributed by atoms with Gasteiger partial charge in [-0.15, -0.1) is 0 Å². The van der Waals surface area contributed by atoms with Crippen molar-refractivity contribution in [1.29, 1.82) is 0 Å². The monoisotopic (exact) mass is 221 g/mol. The molecule has 0 radical (unpaired) electrons. The van der Waals surface area contributed by atoms with Gasteiger partial charge < -0.3 is 11.1 Å². The van der Waals surface area contributed by atoms with Crippen molar-refractivity contribution in [3.8, 4) is 0 Å². The highest BCUT2D eigenvalue weighted by molar-refractivity contribution is 5.36. The molecule has 88 valence electrons. The van der Waals surface area contributed by atoms with Gasteiger partial charge in [-0.25, -0.2) is 9.97 Å². The smallest absolute Gasteiger partial charge is 0.144 e. The van der Waals surface area contributed by atoms with Crippen LogP contribution in [-0.4, -0.2) is 40.5 Å². The third-order valence-corrected chi connectivity index (χ3v) is 3.10. The first-order chi connectivity index (χ1) is 7.79. The van der Waals surface area contributed by atoms with E-state index in [2.05, 4.69) is 27.1 Å². The second-order valence-corrected chi connectivity index (χ2v) is 4.13. The summed E-state index contributed by atoms with van der Waals surface area (Å²) in [5.74, 6) is 1.26. The van der Waals surface area contributed by atoms with E-state index in [1.807, 2.05) is 0 Å². The maximum absolute atomic E-state index is 5.48. The molecule has 1 saturated heterocycles. The van der Waals surface area contributed by atoms with E-state index < -0.39 is 0 Å². The standard InChI is InChI=1S/C11H19N5/c1-2-16-5-3-4-9(16)6-14-11-8-13-10(12)7-15-11/h7-9H,2-6H2,1H3,(H2,12,13)(H,14,15). The van der Waals surface area contributed by atoms with Crippen LogP contribution in [0.15, 0.2) is 12.4 Å². The number of nitrogen functional groups attached to an aromatic ring is 1. The summed E-state index contributed by atoms with van der Waals surface area (Å²) in [7, 11) is 0. The molecule has 5 nitrogen and oxygen atoms in total. The number of nitrogens with zero attached hydrogens (tertiary/aromatic N) is 3. The maximum atomic E-state index is 5.48. The summed E-state index contributed by atoms with van der Waals surface area (Å²) in [5.41, 5.74) is 5.48. The normalized spacial score (nSPS) is 21.2. The number of anilines is 2. The lowest BCUT2D eigenvalue weighted by Crippen LogP contribution is -2.34. The molecule has 1 atom stereocenters. The van der Waals surface area contributed by atoms with Gasteiger partial charge in [0.15, 0.2) is 0 Å². The summed E-state index contributed by atoms with van der Waals surface area (Å²) in [6, 6.07) is 0.629. The van der Waals surface area contributed by atoms with E-state index in [9.17, 15) is 0 Å². The molecule has 3 N–H and O–H groups in total. The molecule has 2 heterocycles. The fraction of sp³-hybridized carbons (Fsp3) is 0.636. The van der Waals surface area contributed by atoms with Crippen LogP contribution in [0.1, 0.15) is 19.8 Å². The molecular weight excluding hydrogens is 202 g/mol. The van der Waals surface area contributed by atoms with E-state index in [4.69, 9.17) is 5.73 Å². The number of rotatable bonds is 4. The molecule has 1 fully saturated rings. The Kier molecular flexibility index (Phi) is 3.56. The summed E-state index contributed by atoms with van der Waals surface area (Å²) < 4.78 is 0. The van der Waals surface area contributed by atoms with Crippen molar-refractivity contribution in [3.05, 3.63) is 12.4 Å². The average Bonchev–Trinajstić information content (AvgIpc) is 2.76. The lowest BCUT2D eigenvalue weighted by Gasteiger charge is -2.22. The molecule has 1 aliphatic heterocycles. The van der Waals surface area contributed by atoms with Crippen LogP contribution in [0.25, 0.3) is 0 Å². The molecule has 5 heteroatoms. The highest BCUT2D eigenvalue weighted by atomic mass is 15.2. The maximum Gasteiger partial charge on any atom is 0.144 e. The molecule has 16 heavy (non-hydrogen) atoms. The largest absolute Gasteiger partial charge is 0.382 e. The third-order valence-electron chi connectivity index (χ3n) is 3.10. The molecule has 1 unspecified atom stereocenters. The first kappa shape index (κ1) is 11.1. The number of nitrogens with one attached hydrogen (secondary N) is 1. The number of aromatic nitrogens is 2. The number of likely N-dealkylation sites (tertiary alicyclic amines) is 1. The SMILES string of the molecule is CCN1CCCC1CNc1cnc(N)cn1. The summed E-state index contributed by atoms with van der Waals surface area (Å²) in [4.78, 5) is 10.7. The Morgan fingerprint density at radius 1 is 1.50 bits per heavy atom. The van der Waals surface area contributed by atoms with Crippen LogP contribution in [-0.2, 0) is 0 Å². The van der Waals surface area contributed by atoms with Gasteiger partial charge in [0.05, 0.1) is 12.4 Å². The van der Waals surface area contributed by atoms with Gasteiger partial charge in [-0.2, -0.15) is 0 Å². The first-order valence-corrected chi connectivity index (χ1v) is 5.85. The van der Waals surface area contributed by atoms with Crippen molar-refractivity contribution >= 4 is 11.6 Å². The molecule has 0 aromatic carbocycles. The molecule has 1 aromatic rings. The van der Waals surface area contributed by atoms with Gasteiger partial charge in [0.25, 0.3) is 0 Å². The minimum absolute atomic E-state index is 0.460. The minimum Gasteiger partial charge on any atom is -0.382 e. The number of hydrogen-bond donors (Lipinski definition) is 2. The molecular formula is C11H19N5. The lowest BCUT2D eigenvalue weighted by molar-refractivity contribution is 0.277. The van der Waals surface area contributed by atoms with Gasteiger partial charge >= 0.3 is 0 Å². The summed E-state index contributed by atoms with van der Waals surface area (Å²) in [6.07, 6.45) is 5.83. The van der Waals surface area contributed by atoms with Gasteiger partial charge in [0, 0.05) is 12.6 Å². The summed E-state index contributed by atoms with van der Waals surface area (Å²) in [5, 5.41) is 3.31. The zero-order valence-corrected chi connectivity index (χ0v) is 9.69. The van der Waals surface area contributed by atoms with Crippen molar-refractivity contribution < 1.29 is 0 Å². The Balaban J connectivity index is 1.85. The van der Waals surface area contributed by atoms with E-state index in [1.54, 1.807) is 12.4 Å². The fourth-order valence-electron chi connectivity index (χ4n) is 2.19. The van der Waals surface area contributed by atoms with Crippen molar-refractivity contribution in [2.75, 3.05) is 30.7 Å². The summed E-state index contributed by atoms with van der Waals surface area (Å²) >= 11 is 0. The molecule has 2 rings (SSSR count). The third kappa shape index (κ3) is 2.61. The second-order valence-electron chi connectivity index (χ2n) is 4.13. The zero-order chi connectivity index (χ0) is 11.4. The lowest BCUT2D eigenvalue weighted by atomic mass is 10.2. The molecule has 1 aromatic heterocycles. The van der Waals surface area contributed by atoms with Gasteiger partial charge in [-0.1, -0.05) is 6.92 Å². The van der Waals surface area contributed by atoms with E-state index in [0.717, 1.165) is 18.9 Å². The Labute approximate surface area is 96.1 Å². The molecule has 0 saturated carbocycles. The van der Waals surface area contributed by atoms with Crippen molar-refractivity contribution in [3.63, 3.8) is 0 Å². The molecule has 1 aliphatic rings. The van der Waals surface area contributed by atoms with Gasteiger partial charge in [0.1, 0.15) is 11.6 Å². The van der Waals surface area contributed by atoms with Crippen LogP contribution in [0.4, 0.5) is 11.6 Å². The Bertz CT molecular complexity index is 324. The van der Waals surface area contributed by atoms with Crippen LogP contribution in [0.2, 0.25) is 0 Å². The predicted molar refractivity (Wildman–Crippen MR) is 65.2 cm³/mol.